The Morgan fingerprint density at radius 3 is 1.93 bits per heavy atom. The van der Waals surface area contributed by atoms with Gasteiger partial charge in [-0.2, -0.15) is 0 Å². The lowest BCUT2D eigenvalue weighted by molar-refractivity contribution is -0.0382. The molecule has 0 N–H and O–H groups in total. The van der Waals surface area contributed by atoms with Crippen LogP contribution in [0.25, 0.3) is 0 Å². The van der Waals surface area contributed by atoms with E-state index in [2.05, 4.69) is 9.47 Å². The first-order valence-electron chi connectivity index (χ1n) is 4.59. The lowest BCUT2D eigenvalue weighted by Gasteiger charge is -2.19. The molecule has 0 aliphatic carbocycles. The van der Waals surface area contributed by atoms with Crippen molar-refractivity contribution in [3.05, 3.63) is 0 Å². The minimum Gasteiger partial charge on any atom is -0.438 e. The molecule has 0 saturated carbocycles. The van der Waals surface area contributed by atoms with Crippen molar-refractivity contribution in [3.8, 4) is 0 Å². The summed E-state index contributed by atoms with van der Waals surface area (Å²) in [6.45, 7) is 5.07. The summed E-state index contributed by atoms with van der Waals surface area (Å²) in [7, 11) is 1.20. The van der Waals surface area contributed by atoms with Gasteiger partial charge in [0.15, 0.2) is 0 Å². The van der Waals surface area contributed by atoms with Crippen molar-refractivity contribution in [2.75, 3.05) is 13.7 Å². The third-order valence-corrected chi connectivity index (χ3v) is 1.65. The molecule has 6 heteroatoms. The van der Waals surface area contributed by atoms with Crippen LogP contribution in [0.2, 0.25) is 0 Å². The van der Waals surface area contributed by atoms with Gasteiger partial charge in [-0.1, -0.05) is 0 Å². The minimum absolute atomic E-state index is 0.234. The molecule has 88 valence electrons. The van der Waals surface area contributed by atoms with E-state index in [1.807, 2.05) is 0 Å². The zero-order valence-electron chi connectivity index (χ0n) is 9.31. The number of hydrogen-bond donors (Lipinski definition) is 0. The van der Waals surface area contributed by atoms with E-state index in [0.717, 1.165) is 0 Å². The predicted octanol–water partition coefficient (Wildman–Crippen LogP) is 1.72. The molecule has 0 amide bonds. The third-order valence-electron chi connectivity index (χ3n) is 1.65. The standard InChI is InChI=1S/C9H16O6/c1-5-13-9(11)15-7(3)6(2)14-8(10)12-4/h6-7H,5H2,1-4H3. The Morgan fingerprint density at radius 2 is 1.53 bits per heavy atom. The predicted molar refractivity (Wildman–Crippen MR) is 50.5 cm³/mol. The third kappa shape index (κ3) is 5.77. The Morgan fingerprint density at radius 1 is 1.07 bits per heavy atom. The first-order valence-corrected chi connectivity index (χ1v) is 4.59. The van der Waals surface area contributed by atoms with Crippen LogP contribution in [0.15, 0.2) is 0 Å². The Bertz CT molecular complexity index is 215. The van der Waals surface area contributed by atoms with Crippen LogP contribution in [0.3, 0.4) is 0 Å². The summed E-state index contributed by atoms with van der Waals surface area (Å²) < 4.78 is 18.4. The minimum atomic E-state index is -0.818. The Balaban J connectivity index is 3.92. The molecule has 2 unspecified atom stereocenters. The number of hydrogen-bond acceptors (Lipinski definition) is 6. The maximum Gasteiger partial charge on any atom is 0.508 e. The number of carbonyl (C=O) groups is 2. The monoisotopic (exact) mass is 220 g/mol. The number of carbonyl (C=O) groups excluding carboxylic acids is 2. The molecule has 2 atom stereocenters. The molecule has 0 fully saturated rings. The van der Waals surface area contributed by atoms with Gasteiger partial charge in [-0.05, 0) is 20.8 Å². The highest BCUT2D eigenvalue weighted by Crippen LogP contribution is 2.05. The second-order valence-electron chi connectivity index (χ2n) is 2.78. The van der Waals surface area contributed by atoms with Gasteiger partial charge in [0, 0.05) is 0 Å². The maximum absolute atomic E-state index is 10.9. The van der Waals surface area contributed by atoms with E-state index in [0.29, 0.717) is 0 Å². The molecule has 0 spiro atoms. The second-order valence-corrected chi connectivity index (χ2v) is 2.78. The highest BCUT2D eigenvalue weighted by molar-refractivity contribution is 5.61. The van der Waals surface area contributed by atoms with Crippen molar-refractivity contribution in [1.29, 1.82) is 0 Å². The van der Waals surface area contributed by atoms with Crippen LogP contribution >= 0.6 is 0 Å². The molecule has 0 radical (unpaired) electrons. The molecule has 0 rings (SSSR count). The fourth-order valence-electron chi connectivity index (χ4n) is 0.695. The highest BCUT2D eigenvalue weighted by Gasteiger charge is 2.21. The highest BCUT2D eigenvalue weighted by atomic mass is 16.8. The normalized spacial score (nSPS) is 13.6. The molecule has 0 aromatic carbocycles. The van der Waals surface area contributed by atoms with Crippen molar-refractivity contribution in [2.45, 2.75) is 33.0 Å². The molecule has 0 aromatic heterocycles. The molecule has 6 nitrogen and oxygen atoms in total. The zero-order valence-corrected chi connectivity index (χ0v) is 9.31. The van der Waals surface area contributed by atoms with Gasteiger partial charge in [-0.25, -0.2) is 9.59 Å². The van der Waals surface area contributed by atoms with E-state index in [4.69, 9.17) is 9.47 Å². The second kappa shape index (κ2) is 6.92. The van der Waals surface area contributed by atoms with Crippen LogP contribution in [-0.2, 0) is 18.9 Å². The quantitative estimate of drug-likeness (QED) is 0.672. The molecule has 15 heavy (non-hydrogen) atoms. The van der Waals surface area contributed by atoms with E-state index in [-0.39, 0.29) is 6.61 Å². The Kier molecular flexibility index (Phi) is 6.24. The Hall–Kier alpha value is -1.46. The van der Waals surface area contributed by atoms with E-state index >= 15 is 0 Å². The van der Waals surface area contributed by atoms with Crippen molar-refractivity contribution < 1.29 is 28.5 Å². The van der Waals surface area contributed by atoms with Gasteiger partial charge in [-0.3, -0.25) is 0 Å². The summed E-state index contributed by atoms with van der Waals surface area (Å²) in [5.41, 5.74) is 0. The smallest absolute Gasteiger partial charge is 0.438 e. The summed E-state index contributed by atoms with van der Waals surface area (Å²) in [5.74, 6) is 0. The van der Waals surface area contributed by atoms with Gasteiger partial charge < -0.3 is 18.9 Å². The van der Waals surface area contributed by atoms with Gasteiger partial charge in [-0.15, -0.1) is 0 Å². The van der Waals surface area contributed by atoms with Gasteiger partial charge in [0.1, 0.15) is 12.2 Å². The fourth-order valence-corrected chi connectivity index (χ4v) is 0.695. The zero-order chi connectivity index (χ0) is 11.8. The molecule has 0 aliphatic rings. The van der Waals surface area contributed by atoms with Crippen LogP contribution < -0.4 is 0 Å². The van der Waals surface area contributed by atoms with Crippen LogP contribution in [0.5, 0.6) is 0 Å². The largest absolute Gasteiger partial charge is 0.508 e. The maximum atomic E-state index is 10.9. The van der Waals surface area contributed by atoms with Crippen molar-refractivity contribution in [3.63, 3.8) is 0 Å². The van der Waals surface area contributed by atoms with Crippen molar-refractivity contribution in [1.82, 2.24) is 0 Å². The lowest BCUT2D eigenvalue weighted by atomic mass is 10.2. The summed E-state index contributed by atoms with van der Waals surface area (Å²) in [6.07, 6.45) is -2.79. The molecule has 0 bridgehead atoms. The van der Waals surface area contributed by atoms with Crippen LogP contribution in [-0.4, -0.2) is 38.2 Å². The van der Waals surface area contributed by atoms with Gasteiger partial charge >= 0.3 is 12.3 Å². The van der Waals surface area contributed by atoms with Crippen LogP contribution in [0.1, 0.15) is 20.8 Å². The SMILES string of the molecule is CCOC(=O)OC(C)C(C)OC(=O)OC. The summed E-state index contributed by atoms with van der Waals surface area (Å²) >= 11 is 0. The summed E-state index contributed by atoms with van der Waals surface area (Å²) in [4.78, 5) is 21.6. The molecular formula is C9H16O6. The Labute approximate surface area is 88.4 Å². The number of rotatable bonds is 4. The summed E-state index contributed by atoms with van der Waals surface area (Å²) in [6, 6.07) is 0. The molecule has 0 heterocycles. The van der Waals surface area contributed by atoms with E-state index in [9.17, 15) is 9.59 Å². The molecule has 0 aromatic rings. The van der Waals surface area contributed by atoms with Gasteiger partial charge in [0.05, 0.1) is 13.7 Å². The molecule has 0 saturated heterocycles. The topological polar surface area (TPSA) is 71.1 Å². The number of ether oxygens (including phenoxy) is 4. The van der Waals surface area contributed by atoms with Gasteiger partial charge in [0.2, 0.25) is 0 Å². The molecule has 0 aliphatic heterocycles. The van der Waals surface area contributed by atoms with E-state index < -0.39 is 24.5 Å². The van der Waals surface area contributed by atoms with Crippen molar-refractivity contribution >= 4 is 12.3 Å². The average Bonchev–Trinajstić information content (AvgIpc) is 2.17. The fraction of sp³-hybridized carbons (Fsp3) is 0.778. The number of methoxy groups -OCH3 is 1. The first kappa shape index (κ1) is 13.5. The van der Waals surface area contributed by atoms with Crippen LogP contribution in [0, 0.1) is 0 Å². The lowest BCUT2D eigenvalue weighted by Crippen LogP contribution is -2.30. The summed E-state index contributed by atoms with van der Waals surface area (Å²) in [5, 5.41) is 0. The van der Waals surface area contributed by atoms with Gasteiger partial charge in [0.25, 0.3) is 0 Å². The van der Waals surface area contributed by atoms with Crippen molar-refractivity contribution in [2.24, 2.45) is 0 Å². The van der Waals surface area contributed by atoms with E-state index in [1.54, 1.807) is 20.8 Å². The molecular weight excluding hydrogens is 204 g/mol. The average molecular weight is 220 g/mol. The van der Waals surface area contributed by atoms with E-state index in [1.165, 1.54) is 7.11 Å². The first-order chi connectivity index (χ1) is 7.01. The van der Waals surface area contributed by atoms with Crippen LogP contribution in [0.4, 0.5) is 9.59 Å².